The van der Waals surface area contributed by atoms with Crippen LogP contribution in [0.2, 0.25) is 0 Å². The molecule has 1 saturated heterocycles. The summed E-state index contributed by atoms with van der Waals surface area (Å²) >= 11 is 0. The summed E-state index contributed by atoms with van der Waals surface area (Å²) in [5.41, 5.74) is 0. The lowest BCUT2D eigenvalue weighted by Crippen LogP contribution is -2.48. The lowest BCUT2D eigenvalue weighted by atomic mass is 10.3. The van der Waals surface area contributed by atoms with Crippen LogP contribution in [0.15, 0.2) is 0 Å². The first-order valence-corrected chi connectivity index (χ1v) is 4.46. The van der Waals surface area contributed by atoms with Gasteiger partial charge in [0.15, 0.2) is 0 Å². The zero-order valence-corrected chi connectivity index (χ0v) is 7.60. The van der Waals surface area contributed by atoms with E-state index in [1.165, 1.54) is 0 Å². The summed E-state index contributed by atoms with van der Waals surface area (Å²) in [6.45, 7) is 4.42. The van der Waals surface area contributed by atoms with Crippen molar-refractivity contribution in [3.63, 3.8) is 0 Å². The highest BCUT2D eigenvalue weighted by Gasteiger charge is 2.14. The van der Waals surface area contributed by atoms with Gasteiger partial charge in [0.25, 0.3) is 0 Å². The van der Waals surface area contributed by atoms with E-state index < -0.39 is 0 Å². The van der Waals surface area contributed by atoms with Gasteiger partial charge in [0.1, 0.15) is 0 Å². The average Bonchev–Trinajstić information content (AvgIpc) is 2.05. The van der Waals surface area contributed by atoms with Gasteiger partial charge in [-0.3, -0.25) is 9.69 Å². The highest BCUT2D eigenvalue weighted by Crippen LogP contribution is 1.94. The van der Waals surface area contributed by atoms with Crippen LogP contribution in [0.4, 0.5) is 0 Å². The van der Waals surface area contributed by atoms with E-state index in [-0.39, 0.29) is 5.91 Å². The van der Waals surface area contributed by atoms with E-state index in [0.717, 1.165) is 32.6 Å². The second-order valence-electron chi connectivity index (χ2n) is 3.08. The number of hydrogen-bond donors (Lipinski definition) is 2. The van der Waals surface area contributed by atoms with Crippen LogP contribution < -0.4 is 10.6 Å². The zero-order valence-electron chi connectivity index (χ0n) is 7.60. The molecule has 1 fully saturated rings. The highest BCUT2D eigenvalue weighted by molar-refractivity contribution is 5.78. The van der Waals surface area contributed by atoms with Crippen molar-refractivity contribution < 1.29 is 4.79 Å². The molecule has 0 bridgehead atoms. The Morgan fingerprint density at radius 1 is 1.67 bits per heavy atom. The zero-order chi connectivity index (χ0) is 8.81. The standard InChI is InChI=1S/C8H17N3O/c1-9-3-2-5-11-6-4-10-8(12)7-11/h9H,2-7H2,1H3,(H,10,12). The molecule has 4 heteroatoms. The van der Waals surface area contributed by atoms with Crippen LogP contribution in [0, 0.1) is 0 Å². The summed E-state index contributed by atoms with van der Waals surface area (Å²) in [6.07, 6.45) is 1.11. The first-order valence-electron chi connectivity index (χ1n) is 4.46. The fourth-order valence-corrected chi connectivity index (χ4v) is 1.36. The third-order valence-electron chi connectivity index (χ3n) is 2.02. The second-order valence-corrected chi connectivity index (χ2v) is 3.08. The van der Waals surface area contributed by atoms with Crippen LogP contribution in [0.1, 0.15) is 6.42 Å². The molecule has 2 N–H and O–H groups in total. The van der Waals surface area contributed by atoms with Crippen molar-refractivity contribution in [1.82, 2.24) is 15.5 Å². The molecule has 1 heterocycles. The van der Waals surface area contributed by atoms with Gasteiger partial charge in [-0.2, -0.15) is 0 Å². The van der Waals surface area contributed by atoms with Gasteiger partial charge in [-0.15, -0.1) is 0 Å². The first kappa shape index (κ1) is 9.48. The monoisotopic (exact) mass is 171 g/mol. The molecule has 1 aliphatic heterocycles. The maximum atomic E-state index is 10.9. The van der Waals surface area contributed by atoms with E-state index in [4.69, 9.17) is 0 Å². The Kier molecular flexibility index (Phi) is 4.04. The molecule has 0 aromatic heterocycles. The van der Waals surface area contributed by atoms with Crippen LogP contribution in [0.3, 0.4) is 0 Å². The predicted octanol–water partition coefficient (Wildman–Crippen LogP) is -0.972. The van der Waals surface area contributed by atoms with Crippen molar-refractivity contribution in [2.45, 2.75) is 6.42 Å². The van der Waals surface area contributed by atoms with E-state index in [0.29, 0.717) is 6.54 Å². The largest absolute Gasteiger partial charge is 0.354 e. The molecular formula is C8H17N3O. The summed E-state index contributed by atoms with van der Waals surface area (Å²) in [5, 5.41) is 5.90. The highest BCUT2D eigenvalue weighted by atomic mass is 16.2. The molecule has 0 unspecified atom stereocenters. The molecule has 1 rings (SSSR count). The maximum Gasteiger partial charge on any atom is 0.234 e. The van der Waals surface area contributed by atoms with Gasteiger partial charge < -0.3 is 10.6 Å². The normalized spacial score (nSPS) is 19.2. The van der Waals surface area contributed by atoms with Crippen LogP contribution >= 0.6 is 0 Å². The number of piperazine rings is 1. The Morgan fingerprint density at radius 2 is 2.50 bits per heavy atom. The Labute approximate surface area is 73.3 Å². The SMILES string of the molecule is CNCCCN1CCNC(=O)C1. The third-order valence-corrected chi connectivity index (χ3v) is 2.02. The van der Waals surface area contributed by atoms with Gasteiger partial charge >= 0.3 is 0 Å². The number of amides is 1. The summed E-state index contributed by atoms with van der Waals surface area (Å²) in [4.78, 5) is 13.1. The maximum absolute atomic E-state index is 10.9. The minimum atomic E-state index is 0.158. The Balaban J connectivity index is 2.10. The number of hydrogen-bond acceptors (Lipinski definition) is 3. The van der Waals surface area contributed by atoms with Gasteiger partial charge in [0.05, 0.1) is 6.54 Å². The first-order chi connectivity index (χ1) is 5.83. The molecule has 0 spiro atoms. The quantitative estimate of drug-likeness (QED) is 0.535. The molecule has 1 aliphatic rings. The van der Waals surface area contributed by atoms with Gasteiger partial charge in [-0.05, 0) is 26.6 Å². The van der Waals surface area contributed by atoms with Crippen molar-refractivity contribution >= 4 is 5.91 Å². The van der Waals surface area contributed by atoms with Crippen molar-refractivity contribution in [3.8, 4) is 0 Å². The van der Waals surface area contributed by atoms with Crippen molar-refractivity contribution in [2.75, 3.05) is 39.8 Å². The fraction of sp³-hybridized carbons (Fsp3) is 0.875. The lowest BCUT2D eigenvalue weighted by molar-refractivity contribution is -0.124. The van der Waals surface area contributed by atoms with E-state index in [1.807, 2.05) is 7.05 Å². The van der Waals surface area contributed by atoms with E-state index in [2.05, 4.69) is 15.5 Å². The molecule has 0 aromatic rings. The molecule has 0 radical (unpaired) electrons. The minimum absolute atomic E-state index is 0.158. The smallest absolute Gasteiger partial charge is 0.234 e. The predicted molar refractivity (Wildman–Crippen MR) is 48.0 cm³/mol. The lowest BCUT2D eigenvalue weighted by Gasteiger charge is -2.26. The topological polar surface area (TPSA) is 44.4 Å². The summed E-state index contributed by atoms with van der Waals surface area (Å²) in [6, 6.07) is 0. The number of nitrogens with one attached hydrogen (secondary N) is 2. The van der Waals surface area contributed by atoms with Crippen LogP contribution in [-0.2, 0) is 4.79 Å². The molecule has 0 atom stereocenters. The van der Waals surface area contributed by atoms with E-state index in [9.17, 15) is 4.79 Å². The van der Waals surface area contributed by atoms with Crippen molar-refractivity contribution in [1.29, 1.82) is 0 Å². The number of carbonyl (C=O) groups is 1. The number of rotatable bonds is 4. The summed E-state index contributed by atoms with van der Waals surface area (Å²) in [5.74, 6) is 0.158. The summed E-state index contributed by atoms with van der Waals surface area (Å²) < 4.78 is 0. The molecule has 70 valence electrons. The van der Waals surface area contributed by atoms with Gasteiger partial charge in [0, 0.05) is 13.1 Å². The van der Waals surface area contributed by atoms with Gasteiger partial charge in [0.2, 0.25) is 5.91 Å². The Bertz CT molecular complexity index is 149. The molecule has 1 amide bonds. The van der Waals surface area contributed by atoms with E-state index in [1.54, 1.807) is 0 Å². The van der Waals surface area contributed by atoms with Crippen LogP contribution in [-0.4, -0.2) is 50.6 Å². The van der Waals surface area contributed by atoms with Gasteiger partial charge in [-0.1, -0.05) is 0 Å². The second kappa shape index (κ2) is 5.11. The number of nitrogens with zero attached hydrogens (tertiary/aromatic N) is 1. The van der Waals surface area contributed by atoms with Crippen molar-refractivity contribution in [2.24, 2.45) is 0 Å². The molecular weight excluding hydrogens is 154 g/mol. The average molecular weight is 171 g/mol. The minimum Gasteiger partial charge on any atom is -0.354 e. The molecule has 0 saturated carbocycles. The van der Waals surface area contributed by atoms with Crippen LogP contribution in [0.25, 0.3) is 0 Å². The Morgan fingerprint density at radius 3 is 3.17 bits per heavy atom. The Hall–Kier alpha value is -0.610. The fourth-order valence-electron chi connectivity index (χ4n) is 1.36. The number of carbonyl (C=O) groups excluding carboxylic acids is 1. The molecule has 12 heavy (non-hydrogen) atoms. The summed E-state index contributed by atoms with van der Waals surface area (Å²) in [7, 11) is 1.95. The van der Waals surface area contributed by atoms with Gasteiger partial charge in [-0.25, -0.2) is 0 Å². The van der Waals surface area contributed by atoms with Crippen molar-refractivity contribution in [3.05, 3.63) is 0 Å². The van der Waals surface area contributed by atoms with Crippen LogP contribution in [0.5, 0.6) is 0 Å². The molecule has 0 aromatic carbocycles. The third kappa shape index (κ3) is 3.19. The van der Waals surface area contributed by atoms with E-state index >= 15 is 0 Å². The molecule has 4 nitrogen and oxygen atoms in total. The molecule has 0 aliphatic carbocycles.